The van der Waals surface area contributed by atoms with Crippen molar-refractivity contribution in [3.63, 3.8) is 0 Å². The first kappa shape index (κ1) is 13.8. The third-order valence-corrected chi connectivity index (χ3v) is 3.10. The Labute approximate surface area is 102 Å². The van der Waals surface area contributed by atoms with Crippen LogP contribution in [0.3, 0.4) is 0 Å². The molecular weight excluding hydrogens is 220 g/mol. The Morgan fingerprint density at radius 1 is 1.29 bits per heavy atom. The lowest BCUT2D eigenvalue weighted by atomic mass is 10.1. The molecule has 0 radical (unpaired) electrons. The van der Waals surface area contributed by atoms with Crippen LogP contribution in [0.2, 0.25) is 0 Å². The molecule has 1 aliphatic rings. The predicted molar refractivity (Wildman–Crippen MR) is 65.9 cm³/mol. The first-order valence-corrected chi connectivity index (χ1v) is 6.08. The van der Waals surface area contributed by atoms with E-state index in [0.29, 0.717) is 0 Å². The summed E-state index contributed by atoms with van der Waals surface area (Å²) in [4.78, 5) is 13.9. The second-order valence-electron chi connectivity index (χ2n) is 4.52. The third-order valence-electron chi connectivity index (χ3n) is 3.10. The highest BCUT2D eigenvalue weighted by Crippen LogP contribution is 2.10. The summed E-state index contributed by atoms with van der Waals surface area (Å²) in [6, 6.07) is -0.632. The van der Waals surface area contributed by atoms with Gasteiger partial charge >= 0.3 is 0 Å². The smallest absolute Gasteiger partial charge is 0.239 e. The van der Waals surface area contributed by atoms with Crippen LogP contribution in [-0.4, -0.2) is 47.0 Å². The summed E-state index contributed by atoms with van der Waals surface area (Å²) in [6.07, 6.45) is 3.36. The lowest BCUT2D eigenvalue weighted by molar-refractivity contribution is -0.134. The number of hydrogen-bond donors (Lipinski definition) is 3. The maximum Gasteiger partial charge on any atom is 0.239 e. The van der Waals surface area contributed by atoms with Gasteiger partial charge < -0.3 is 15.8 Å². The number of amides is 1. The fraction of sp³-hybridized carbons (Fsp3) is 0.818. The summed E-state index contributed by atoms with van der Waals surface area (Å²) in [5.41, 5.74) is 5.46. The van der Waals surface area contributed by atoms with Gasteiger partial charge in [0.2, 0.25) is 5.91 Å². The lowest BCUT2D eigenvalue weighted by Crippen LogP contribution is -2.52. The second-order valence-corrected chi connectivity index (χ2v) is 4.52. The van der Waals surface area contributed by atoms with Crippen molar-refractivity contribution in [2.45, 2.75) is 45.2 Å². The monoisotopic (exact) mass is 242 g/mol. The van der Waals surface area contributed by atoms with Gasteiger partial charge in [-0.05, 0) is 33.1 Å². The summed E-state index contributed by atoms with van der Waals surface area (Å²) < 4.78 is 0. The average molecular weight is 242 g/mol. The minimum atomic E-state index is -0.316. The molecule has 6 heteroatoms. The minimum absolute atomic E-state index is 0.0855. The molecule has 98 valence electrons. The van der Waals surface area contributed by atoms with Crippen molar-refractivity contribution in [3.05, 3.63) is 0 Å². The number of hydrogen-bond acceptors (Lipinski definition) is 4. The van der Waals surface area contributed by atoms with Gasteiger partial charge in [0.05, 0.1) is 12.1 Å². The molecule has 0 bridgehead atoms. The highest BCUT2D eigenvalue weighted by Gasteiger charge is 2.23. The average Bonchev–Trinajstić information content (AvgIpc) is 2.37. The number of nitrogens with two attached hydrogens (primary N) is 1. The van der Waals surface area contributed by atoms with E-state index >= 15 is 0 Å². The SMILES string of the molecule is CC(NC(C)C(N)=NO)C(=O)N1CCCCC1. The van der Waals surface area contributed by atoms with Crippen molar-refractivity contribution in [1.82, 2.24) is 10.2 Å². The van der Waals surface area contributed by atoms with E-state index in [1.54, 1.807) is 13.8 Å². The van der Waals surface area contributed by atoms with Crippen LogP contribution in [-0.2, 0) is 4.79 Å². The zero-order valence-corrected chi connectivity index (χ0v) is 10.5. The number of piperidine rings is 1. The number of rotatable bonds is 4. The lowest BCUT2D eigenvalue weighted by Gasteiger charge is -2.30. The highest BCUT2D eigenvalue weighted by atomic mass is 16.4. The van der Waals surface area contributed by atoms with Crippen LogP contribution in [0.5, 0.6) is 0 Å². The van der Waals surface area contributed by atoms with E-state index < -0.39 is 0 Å². The Balaban J connectivity index is 2.45. The van der Waals surface area contributed by atoms with E-state index in [4.69, 9.17) is 10.9 Å². The molecule has 0 spiro atoms. The van der Waals surface area contributed by atoms with Gasteiger partial charge in [0.15, 0.2) is 5.84 Å². The zero-order chi connectivity index (χ0) is 12.8. The first-order valence-electron chi connectivity index (χ1n) is 6.08. The zero-order valence-electron chi connectivity index (χ0n) is 10.5. The second kappa shape index (κ2) is 6.44. The molecule has 0 aliphatic carbocycles. The Kier molecular flexibility index (Phi) is 5.21. The maximum absolute atomic E-state index is 12.1. The quantitative estimate of drug-likeness (QED) is 0.282. The number of likely N-dealkylation sites (tertiary alicyclic amines) is 1. The summed E-state index contributed by atoms with van der Waals surface area (Å²) in [5, 5.41) is 14.5. The van der Waals surface area contributed by atoms with Gasteiger partial charge in [-0.15, -0.1) is 0 Å². The molecule has 6 nitrogen and oxygen atoms in total. The van der Waals surface area contributed by atoms with Crippen LogP contribution < -0.4 is 11.1 Å². The highest BCUT2D eigenvalue weighted by molar-refractivity contribution is 5.86. The summed E-state index contributed by atoms with van der Waals surface area (Å²) in [7, 11) is 0. The third kappa shape index (κ3) is 3.89. The van der Waals surface area contributed by atoms with Crippen molar-refractivity contribution < 1.29 is 10.0 Å². The molecule has 0 aromatic heterocycles. The van der Waals surface area contributed by atoms with Crippen LogP contribution in [0, 0.1) is 0 Å². The Bertz CT molecular complexity index is 287. The van der Waals surface area contributed by atoms with Crippen LogP contribution in [0.4, 0.5) is 0 Å². The molecule has 0 aromatic rings. The summed E-state index contributed by atoms with van der Waals surface area (Å²) in [6.45, 7) is 5.23. The standard InChI is InChI=1S/C11H22N4O2/c1-8(10(12)14-17)13-9(2)11(16)15-6-4-3-5-7-15/h8-9,13,17H,3-7H2,1-2H3,(H2,12,14). The molecule has 17 heavy (non-hydrogen) atoms. The molecule has 0 aromatic carbocycles. The number of carbonyl (C=O) groups is 1. The van der Waals surface area contributed by atoms with E-state index in [1.807, 2.05) is 4.90 Å². The first-order chi connectivity index (χ1) is 8.06. The van der Waals surface area contributed by atoms with Crippen LogP contribution in [0.1, 0.15) is 33.1 Å². The molecule has 0 saturated carbocycles. The Hall–Kier alpha value is -1.30. The molecule has 1 amide bonds. The molecule has 1 rings (SSSR count). The molecule has 2 atom stereocenters. The molecule has 1 saturated heterocycles. The van der Waals surface area contributed by atoms with Crippen molar-refractivity contribution in [1.29, 1.82) is 0 Å². The van der Waals surface area contributed by atoms with Gasteiger partial charge in [-0.2, -0.15) is 0 Å². The van der Waals surface area contributed by atoms with Crippen LogP contribution in [0.15, 0.2) is 5.16 Å². The minimum Gasteiger partial charge on any atom is -0.409 e. The van der Waals surface area contributed by atoms with Crippen molar-refractivity contribution in [2.24, 2.45) is 10.9 Å². The number of nitrogens with one attached hydrogen (secondary N) is 1. The number of carbonyl (C=O) groups excluding carboxylic acids is 1. The number of amidine groups is 1. The molecule has 1 aliphatic heterocycles. The molecule has 2 unspecified atom stereocenters. The Morgan fingerprint density at radius 3 is 2.41 bits per heavy atom. The maximum atomic E-state index is 12.1. The van der Waals surface area contributed by atoms with E-state index in [-0.39, 0.29) is 23.8 Å². The fourth-order valence-electron chi connectivity index (χ4n) is 2.01. The summed E-state index contributed by atoms with van der Waals surface area (Å²) >= 11 is 0. The van der Waals surface area contributed by atoms with Crippen LogP contribution in [0.25, 0.3) is 0 Å². The van der Waals surface area contributed by atoms with Crippen LogP contribution >= 0.6 is 0 Å². The molecular formula is C11H22N4O2. The van der Waals surface area contributed by atoms with Gasteiger partial charge in [0.25, 0.3) is 0 Å². The Morgan fingerprint density at radius 2 is 1.88 bits per heavy atom. The molecule has 1 fully saturated rings. The number of nitrogens with zero attached hydrogens (tertiary/aromatic N) is 2. The van der Waals surface area contributed by atoms with Gasteiger partial charge in [-0.1, -0.05) is 5.16 Å². The van der Waals surface area contributed by atoms with E-state index in [9.17, 15) is 4.79 Å². The largest absolute Gasteiger partial charge is 0.409 e. The van der Waals surface area contributed by atoms with Crippen molar-refractivity contribution >= 4 is 11.7 Å². The normalized spacial score (nSPS) is 21.1. The number of oxime groups is 1. The van der Waals surface area contributed by atoms with E-state index in [1.165, 1.54) is 6.42 Å². The summed E-state index contributed by atoms with van der Waals surface area (Å²) in [5.74, 6) is 0.172. The topological polar surface area (TPSA) is 91.0 Å². The van der Waals surface area contributed by atoms with Gasteiger partial charge in [0.1, 0.15) is 0 Å². The molecule has 4 N–H and O–H groups in total. The van der Waals surface area contributed by atoms with Gasteiger partial charge in [0, 0.05) is 13.1 Å². The molecule has 1 heterocycles. The van der Waals surface area contributed by atoms with Gasteiger partial charge in [-0.25, -0.2) is 0 Å². The predicted octanol–water partition coefficient (Wildman–Crippen LogP) is 0.112. The van der Waals surface area contributed by atoms with Crippen molar-refractivity contribution in [3.8, 4) is 0 Å². The fourth-order valence-corrected chi connectivity index (χ4v) is 2.01. The van der Waals surface area contributed by atoms with E-state index in [2.05, 4.69) is 10.5 Å². The van der Waals surface area contributed by atoms with Gasteiger partial charge in [-0.3, -0.25) is 10.1 Å². The van der Waals surface area contributed by atoms with Crippen molar-refractivity contribution in [2.75, 3.05) is 13.1 Å². The van der Waals surface area contributed by atoms with E-state index in [0.717, 1.165) is 25.9 Å².